The number of aromatic nitrogens is 2. The van der Waals surface area contributed by atoms with Crippen LogP contribution < -0.4 is 10.4 Å². The molecule has 12 heavy (non-hydrogen) atoms. The molecular formula is C7H9FN4. The van der Waals surface area contributed by atoms with E-state index in [1.807, 2.05) is 5.01 Å². The molecule has 64 valence electrons. The van der Waals surface area contributed by atoms with E-state index in [4.69, 9.17) is 0 Å². The molecule has 0 bridgehead atoms. The Morgan fingerprint density at radius 3 is 2.75 bits per heavy atom. The Bertz CT molecular complexity index is 255. The Kier molecular flexibility index (Phi) is 1.87. The first-order valence-electron chi connectivity index (χ1n) is 3.85. The van der Waals surface area contributed by atoms with Crippen molar-refractivity contribution in [2.45, 2.75) is 6.42 Å². The molecule has 4 nitrogen and oxygen atoms in total. The van der Waals surface area contributed by atoms with E-state index in [2.05, 4.69) is 15.4 Å². The minimum Gasteiger partial charge on any atom is -0.276 e. The lowest BCUT2D eigenvalue weighted by atomic mass is 10.5. The van der Waals surface area contributed by atoms with E-state index in [-0.39, 0.29) is 0 Å². The van der Waals surface area contributed by atoms with Crippen molar-refractivity contribution in [1.29, 1.82) is 0 Å². The fourth-order valence-electron chi connectivity index (χ4n) is 1.15. The molecule has 1 saturated heterocycles. The molecule has 5 heteroatoms. The Balaban J connectivity index is 2.17. The fourth-order valence-corrected chi connectivity index (χ4v) is 1.15. The van der Waals surface area contributed by atoms with Crippen molar-refractivity contribution < 1.29 is 4.39 Å². The number of nitrogens with zero attached hydrogens (tertiary/aromatic N) is 3. The van der Waals surface area contributed by atoms with Crippen LogP contribution in [0.5, 0.6) is 0 Å². The second kappa shape index (κ2) is 3.02. The predicted molar refractivity (Wildman–Crippen MR) is 42.0 cm³/mol. The van der Waals surface area contributed by atoms with Crippen molar-refractivity contribution in [3.8, 4) is 0 Å². The first kappa shape index (κ1) is 7.42. The van der Waals surface area contributed by atoms with E-state index in [1.54, 1.807) is 0 Å². The lowest BCUT2D eigenvalue weighted by Gasteiger charge is -2.13. The van der Waals surface area contributed by atoms with Crippen LogP contribution in [0.25, 0.3) is 0 Å². The molecule has 1 aromatic rings. The lowest BCUT2D eigenvalue weighted by Crippen LogP contribution is -2.31. The molecule has 0 unspecified atom stereocenters. The van der Waals surface area contributed by atoms with E-state index >= 15 is 0 Å². The van der Waals surface area contributed by atoms with Crippen LogP contribution in [0.4, 0.5) is 10.3 Å². The molecule has 1 aliphatic heterocycles. The standard InChI is InChI=1S/C7H9FN4/c8-6-4-9-7(10-5-6)12-3-1-2-11-12/h4-5,11H,1-3H2. The monoisotopic (exact) mass is 168 g/mol. The summed E-state index contributed by atoms with van der Waals surface area (Å²) in [4.78, 5) is 7.68. The highest BCUT2D eigenvalue weighted by atomic mass is 19.1. The van der Waals surface area contributed by atoms with Gasteiger partial charge in [-0.1, -0.05) is 0 Å². The number of halogens is 1. The van der Waals surface area contributed by atoms with Crippen molar-refractivity contribution in [1.82, 2.24) is 15.4 Å². The van der Waals surface area contributed by atoms with Gasteiger partial charge in [-0.05, 0) is 6.42 Å². The molecule has 0 atom stereocenters. The maximum absolute atomic E-state index is 12.4. The highest BCUT2D eigenvalue weighted by Gasteiger charge is 2.13. The normalized spacial score (nSPS) is 16.9. The minimum absolute atomic E-state index is 0.405. The summed E-state index contributed by atoms with van der Waals surface area (Å²) in [6, 6.07) is 0. The number of rotatable bonds is 1. The Hall–Kier alpha value is -1.23. The zero-order chi connectivity index (χ0) is 8.39. The van der Waals surface area contributed by atoms with Crippen molar-refractivity contribution in [2.24, 2.45) is 0 Å². The van der Waals surface area contributed by atoms with Crippen LogP contribution in [0.1, 0.15) is 6.42 Å². The van der Waals surface area contributed by atoms with E-state index in [9.17, 15) is 4.39 Å². The second-order valence-electron chi connectivity index (χ2n) is 2.61. The summed E-state index contributed by atoms with van der Waals surface area (Å²) < 4.78 is 12.4. The number of hydrogen-bond acceptors (Lipinski definition) is 4. The summed E-state index contributed by atoms with van der Waals surface area (Å²) in [5.41, 5.74) is 3.08. The SMILES string of the molecule is Fc1cnc(N2CCCN2)nc1. The van der Waals surface area contributed by atoms with Crippen LogP contribution in [0.3, 0.4) is 0 Å². The van der Waals surface area contributed by atoms with Gasteiger partial charge in [0.1, 0.15) is 0 Å². The second-order valence-corrected chi connectivity index (χ2v) is 2.61. The molecule has 2 heterocycles. The van der Waals surface area contributed by atoms with Crippen molar-refractivity contribution in [3.63, 3.8) is 0 Å². The molecule has 1 aliphatic rings. The van der Waals surface area contributed by atoms with E-state index in [1.165, 1.54) is 12.4 Å². The van der Waals surface area contributed by atoms with Crippen molar-refractivity contribution >= 4 is 5.95 Å². The molecule has 2 rings (SSSR count). The van der Waals surface area contributed by atoms with Gasteiger partial charge in [0.2, 0.25) is 5.95 Å². The Morgan fingerprint density at radius 1 is 1.42 bits per heavy atom. The number of nitrogens with one attached hydrogen (secondary N) is 1. The quantitative estimate of drug-likeness (QED) is 0.656. The van der Waals surface area contributed by atoms with Gasteiger partial charge in [-0.2, -0.15) is 0 Å². The van der Waals surface area contributed by atoms with Gasteiger partial charge in [-0.15, -0.1) is 0 Å². The van der Waals surface area contributed by atoms with Crippen molar-refractivity contribution in [3.05, 3.63) is 18.2 Å². The molecule has 0 spiro atoms. The first-order valence-corrected chi connectivity index (χ1v) is 3.85. The number of hydrogen-bond donors (Lipinski definition) is 1. The molecule has 0 aliphatic carbocycles. The molecular weight excluding hydrogens is 159 g/mol. The summed E-state index contributed by atoms with van der Waals surface area (Å²) >= 11 is 0. The van der Waals surface area contributed by atoms with Crippen LogP contribution in [-0.4, -0.2) is 23.1 Å². The van der Waals surface area contributed by atoms with Gasteiger partial charge in [0.15, 0.2) is 5.82 Å². The van der Waals surface area contributed by atoms with E-state index in [0.29, 0.717) is 5.95 Å². The summed E-state index contributed by atoms with van der Waals surface area (Å²) in [5.74, 6) is 0.131. The third-order valence-electron chi connectivity index (χ3n) is 1.71. The number of anilines is 1. The summed E-state index contributed by atoms with van der Waals surface area (Å²) in [6.07, 6.45) is 3.41. The fraction of sp³-hybridized carbons (Fsp3) is 0.429. The summed E-state index contributed by atoms with van der Waals surface area (Å²) in [7, 11) is 0. The van der Waals surface area contributed by atoms with Gasteiger partial charge in [-0.3, -0.25) is 5.01 Å². The maximum atomic E-state index is 12.4. The molecule has 0 aromatic carbocycles. The van der Waals surface area contributed by atoms with Gasteiger partial charge in [0.05, 0.1) is 12.4 Å². The van der Waals surface area contributed by atoms with E-state index < -0.39 is 5.82 Å². The van der Waals surface area contributed by atoms with Gasteiger partial charge in [0.25, 0.3) is 0 Å². The zero-order valence-electron chi connectivity index (χ0n) is 6.50. The van der Waals surface area contributed by atoms with Crippen LogP contribution in [0.15, 0.2) is 12.4 Å². The highest BCUT2D eigenvalue weighted by Crippen LogP contribution is 2.07. The van der Waals surface area contributed by atoms with Crippen LogP contribution in [0, 0.1) is 5.82 Å². The summed E-state index contributed by atoms with van der Waals surface area (Å²) in [5, 5.41) is 1.82. The third-order valence-corrected chi connectivity index (χ3v) is 1.71. The largest absolute Gasteiger partial charge is 0.276 e. The average Bonchev–Trinajstić information content (AvgIpc) is 2.58. The maximum Gasteiger partial charge on any atom is 0.240 e. The molecule has 1 N–H and O–H groups in total. The third kappa shape index (κ3) is 1.35. The first-order chi connectivity index (χ1) is 5.86. The number of hydrazine groups is 1. The smallest absolute Gasteiger partial charge is 0.240 e. The summed E-state index contributed by atoms with van der Waals surface area (Å²) in [6.45, 7) is 1.81. The predicted octanol–water partition coefficient (Wildman–Crippen LogP) is 0.330. The Labute approximate surface area is 69.4 Å². The average molecular weight is 168 g/mol. The van der Waals surface area contributed by atoms with E-state index in [0.717, 1.165) is 19.5 Å². The molecule has 1 fully saturated rings. The molecule has 0 amide bonds. The van der Waals surface area contributed by atoms with Gasteiger partial charge in [-0.25, -0.2) is 19.8 Å². The highest BCUT2D eigenvalue weighted by molar-refractivity contribution is 5.27. The van der Waals surface area contributed by atoms with Gasteiger partial charge >= 0.3 is 0 Å². The van der Waals surface area contributed by atoms with Gasteiger partial charge < -0.3 is 0 Å². The Morgan fingerprint density at radius 2 is 2.17 bits per heavy atom. The molecule has 0 saturated carbocycles. The van der Waals surface area contributed by atoms with Crippen LogP contribution >= 0.6 is 0 Å². The lowest BCUT2D eigenvalue weighted by molar-refractivity contribution is 0.610. The van der Waals surface area contributed by atoms with Crippen molar-refractivity contribution in [2.75, 3.05) is 18.1 Å². The van der Waals surface area contributed by atoms with Crippen LogP contribution in [-0.2, 0) is 0 Å². The molecule has 0 radical (unpaired) electrons. The topological polar surface area (TPSA) is 41.1 Å². The van der Waals surface area contributed by atoms with Crippen LogP contribution in [0.2, 0.25) is 0 Å². The minimum atomic E-state index is -0.405. The van der Waals surface area contributed by atoms with Gasteiger partial charge in [0, 0.05) is 13.1 Å². The molecule has 1 aromatic heterocycles. The zero-order valence-corrected chi connectivity index (χ0v) is 6.50.